The molecule has 1 heterocycles. The summed E-state index contributed by atoms with van der Waals surface area (Å²) in [6.45, 7) is 6.01. The number of ether oxygens (including phenoxy) is 1. The van der Waals surface area contributed by atoms with Crippen molar-refractivity contribution < 1.29 is 14.3 Å². The van der Waals surface area contributed by atoms with Crippen molar-refractivity contribution in [2.45, 2.75) is 26.8 Å². The number of hydrogen-bond acceptors (Lipinski definition) is 4. The quantitative estimate of drug-likeness (QED) is 0.504. The van der Waals surface area contributed by atoms with Crippen molar-refractivity contribution in [1.82, 2.24) is 10.6 Å². The predicted octanol–water partition coefficient (Wildman–Crippen LogP) is 4.72. The third-order valence-corrected chi connectivity index (χ3v) is 5.49. The lowest BCUT2D eigenvalue weighted by Crippen LogP contribution is -2.41. The first kappa shape index (κ1) is 22.3. The number of carbonyl (C=O) groups excluding carboxylic acids is 2. The normalized spacial score (nSPS) is 12.2. The van der Waals surface area contributed by atoms with Crippen molar-refractivity contribution in [1.29, 1.82) is 0 Å². The molecule has 1 aromatic heterocycles. The van der Waals surface area contributed by atoms with Crippen LogP contribution in [0.4, 0.5) is 0 Å². The van der Waals surface area contributed by atoms with E-state index in [0.717, 1.165) is 21.8 Å². The molecule has 6 heteroatoms. The molecule has 3 aromatic rings. The molecule has 2 aromatic carbocycles. The van der Waals surface area contributed by atoms with Gasteiger partial charge in [0.2, 0.25) is 0 Å². The lowest BCUT2D eigenvalue weighted by atomic mass is 10.1. The Labute approximate surface area is 186 Å². The number of nitrogens with one attached hydrogen (secondary N) is 2. The molecular formula is C25H26N2O3S. The average molecular weight is 435 g/mol. The maximum absolute atomic E-state index is 13.0. The van der Waals surface area contributed by atoms with Gasteiger partial charge in [-0.1, -0.05) is 42.5 Å². The Balaban J connectivity index is 1.70. The average Bonchev–Trinajstić information content (AvgIpc) is 3.26. The molecule has 2 N–H and O–H groups in total. The first-order valence-corrected chi connectivity index (χ1v) is 10.9. The summed E-state index contributed by atoms with van der Waals surface area (Å²) in [7, 11) is 0. The summed E-state index contributed by atoms with van der Waals surface area (Å²) in [6.07, 6.45) is 1.69. The van der Waals surface area contributed by atoms with Gasteiger partial charge in [0.15, 0.2) is 0 Å². The summed E-state index contributed by atoms with van der Waals surface area (Å²) < 4.78 is 5.83. The minimum atomic E-state index is -0.365. The van der Waals surface area contributed by atoms with Crippen LogP contribution in [0.1, 0.15) is 33.3 Å². The van der Waals surface area contributed by atoms with E-state index in [1.54, 1.807) is 18.2 Å². The third kappa shape index (κ3) is 6.30. The van der Waals surface area contributed by atoms with Crippen LogP contribution in [0, 0.1) is 13.8 Å². The van der Waals surface area contributed by atoms with Gasteiger partial charge < -0.3 is 15.4 Å². The predicted molar refractivity (Wildman–Crippen MR) is 125 cm³/mol. The lowest BCUT2D eigenvalue weighted by molar-refractivity contribution is -0.118. The fraction of sp³-hybridized carbons (Fsp3) is 0.200. The van der Waals surface area contributed by atoms with Crippen LogP contribution in [0.25, 0.3) is 6.08 Å². The molecule has 160 valence electrons. The number of amides is 2. The molecule has 0 aliphatic heterocycles. The van der Waals surface area contributed by atoms with Crippen molar-refractivity contribution in [3.63, 3.8) is 0 Å². The van der Waals surface area contributed by atoms with Crippen LogP contribution in [0.3, 0.4) is 0 Å². The Kier molecular flexibility index (Phi) is 7.62. The van der Waals surface area contributed by atoms with Crippen LogP contribution in [0.2, 0.25) is 0 Å². The minimum absolute atomic E-state index is 0.193. The maximum atomic E-state index is 13.0. The summed E-state index contributed by atoms with van der Waals surface area (Å²) in [5, 5.41) is 7.61. The first-order valence-electron chi connectivity index (χ1n) is 10.1. The van der Waals surface area contributed by atoms with Crippen LogP contribution >= 0.6 is 11.3 Å². The van der Waals surface area contributed by atoms with E-state index in [4.69, 9.17) is 4.74 Å². The van der Waals surface area contributed by atoms with E-state index in [9.17, 15) is 9.59 Å². The Morgan fingerprint density at radius 3 is 2.39 bits per heavy atom. The summed E-state index contributed by atoms with van der Waals surface area (Å²) in [4.78, 5) is 26.6. The molecular weight excluding hydrogens is 408 g/mol. The molecule has 2 amide bonds. The second kappa shape index (κ2) is 10.6. The van der Waals surface area contributed by atoms with Gasteiger partial charge in [-0.05, 0) is 61.6 Å². The lowest BCUT2D eigenvalue weighted by Gasteiger charge is -2.18. The first-order chi connectivity index (χ1) is 14.9. The maximum Gasteiger partial charge on any atom is 0.268 e. The molecule has 0 radical (unpaired) electrons. The number of hydrogen-bond donors (Lipinski definition) is 2. The molecule has 5 nitrogen and oxygen atoms in total. The van der Waals surface area contributed by atoms with E-state index in [-0.39, 0.29) is 23.6 Å². The van der Waals surface area contributed by atoms with Crippen LogP contribution in [-0.4, -0.2) is 24.5 Å². The molecule has 0 saturated carbocycles. The van der Waals surface area contributed by atoms with Gasteiger partial charge in [0.1, 0.15) is 18.1 Å². The Morgan fingerprint density at radius 2 is 1.71 bits per heavy atom. The van der Waals surface area contributed by atoms with E-state index in [1.165, 1.54) is 11.3 Å². The highest BCUT2D eigenvalue weighted by Gasteiger charge is 2.18. The molecule has 0 aliphatic carbocycles. The standard InChI is InChI=1S/C25H26N2O3S/c1-17-9-4-6-12-21(17)24(28)27-22(15-20-11-8-14-31-20)25(29)26-19(3)16-30-23-13-7-5-10-18(23)2/h4-15,19H,16H2,1-3H3,(H,26,29)(H,27,28)/b22-15-. The number of aryl methyl sites for hydroxylation is 2. The van der Waals surface area contributed by atoms with Gasteiger partial charge in [-0.3, -0.25) is 9.59 Å². The number of thiophene rings is 1. The fourth-order valence-corrected chi connectivity index (χ4v) is 3.63. The molecule has 31 heavy (non-hydrogen) atoms. The second-order valence-corrected chi connectivity index (χ2v) is 8.27. The zero-order valence-corrected chi connectivity index (χ0v) is 18.7. The number of benzene rings is 2. The second-order valence-electron chi connectivity index (χ2n) is 7.29. The van der Waals surface area contributed by atoms with Crippen molar-refractivity contribution in [2.75, 3.05) is 6.61 Å². The van der Waals surface area contributed by atoms with Gasteiger partial charge in [0, 0.05) is 10.4 Å². The van der Waals surface area contributed by atoms with Gasteiger partial charge in [0.25, 0.3) is 11.8 Å². The summed E-state index contributed by atoms with van der Waals surface area (Å²) >= 11 is 1.49. The molecule has 1 unspecified atom stereocenters. The zero-order valence-electron chi connectivity index (χ0n) is 17.8. The van der Waals surface area contributed by atoms with Crippen LogP contribution in [0.5, 0.6) is 5.75 Å². The zero-order chi connectivity index (χ0) is 22.2. The van der Waals surface area contributed by atoms with Crippen LogP contribution in [0.15, 0.2) is 71.7 Å². The van der Waals surface area contributed by atoms with Crippen molar-refractivity contribution >= 4 is 29.2 Å². The molecule has 0 fully saturated rings. The molecule has 0 aliphatic rings. The van der Waals surface area contributed by atoms with Crippen LogP contribution in [-0.2, 0) is 4.79 Å². The number of carbonyl (C=O) groups is 2. The molecule has 0 saturated heterocycles. The summed E-state index contributed by atoms with van der Waals surface area (Å²) in [5.41, 5.74) is 2.60. The summed E-state index contributed by atoms with van der Waals surface area (Å²) in [6, 6.07) is 18.5. The number of rotatable bonds is 8. The van der Waals surface area contributed by atoms with Crippen molar-refractivity contribution in [3.05, 3.63) is 93.3 Å². The largest absolute Gasteiger partial charge is 0.491 e. The van der Waals surface area contributed by atoms with Gasteiger partial charge in [-0.25, -0.2) is 0 Å². The smallest absolute Gasteiger partial charge is 0.268 e. The topological polar surface area (TPSA) is 67.4 Å². The third-order valence-electron chi connectivity index (χ3n) is 4.67. The molecule has 3 rings (SSSR count). The Bertz CT molecular complexity index is 1070. The molecule has 1 atom stereocenters. The molecule has 0 bridgehead atoms. The Hall–Kier alpha value is -3.38. The van der Waals surface area contributed by atoms with E-state index in [0.29, 0.717) is 12.2 Å². The SMILES string of the molecule is Cc1ccccc1OCC(C)NC(=O)/C(=C/c1cccs1)NC(=O)c1ccccc1C. The van der Waals surface area contributed by atoms with Gasteiger partial charge in [0.05, 0.1) is 6.04 Å². The van der Waals surface area contributed by atoms with Crippen molar-refractivity contribution in [2.24, 2.45) is 0 Å². The van der Waals surface area contributed by atoms with E-state index >= 15 is 0 Å². The van der Waals surface area contributed by atoms with Crippen LogP contribution < -0.4 is 15.4 Å². The number of para-hydroxylation sites is 1. The highest BCUT2D eigenvalue weighted by atomic mass is 32.1. The highest BCUT2D eigenvalue weighted by Crippen LogP contribution is 2.17. The minimum Gasteiger partial charge on any atom is -0.491 e. The summed E-state index contributed by atoms with van der Waals surface area (Å²) in [5.74, 6) is 0.0990. The monoisotopic (exact) mass is 434 g/mol. The van der Waals surface area contributed by atoms with E-state index in [2.05, 4.69) is 10.6 Å². The highest BCUT2D eigenvalue weighted by molar-refractivity contribution is 7.10. The van der Waals surface area contributed by atoms with Gasteiger partial charge >= 0.3 is 0 Å². The van der Waals surface area contributed by atoms with Gasteiger partial charge in [-0.15, -0.1) is 11.3 Å². The van der Waals surface area contributed by atoms with Gasteiger partial charge in [-0.2, -0.15) is 0 Å². The fourth-order valence-electron chi connectivity index (χ4n) is 2.97. The van der Waals surface area contributed by atoms with E-state index < -0.39 is 0 Å². The van der Waals surface area contributed by atoms with Crippen molar-refractivity contribution in [3.8, 4) is 5.75 Å². The molecule has 0 spiro atoms. The van der Waals surface area contributed by atoms with E-state index in [1.807, 2.05) is 74.7 Å². The Morgan fingerprint density at radius 1 is 1.00 bits per heavy atom.